The lowest BCUT2D eigenvalue weighted by molar-refractivity contribution is -0.151. The number of cyclic esters (lactones) is 1. The van der Waals surface area contributed by atoms with Gasteiger partial charge in [0.05, 0.1) is 12.0 Å². The number of allylic oxidation sites excluding steroid dienone is 3. The molecule has 1 rings (SSSR count). The van der Waals surface area contributed by atoms with Crippen LogP contribution < -0.4 is 0 Å². The fourth-order valence-corrected chi connectivity index (χ4v) is 1.54. The number of esters is 1. The van der Waals surface area contributed by atoms with Crippen molar-refractivity contribution in [2.75, 3.05) is 0 Å². The normalized spacial score (nSPS) is 29.1. The second kappa shape index (κ2) is 6.44. The Morgan fingerprint density at radius 2 is 2.07 bits per heavy atom. The van der Waals surface area contributed by atoms with E-state index >= 15 is 0 Å². The van der Waals surface area contributed by atoms with Crippen molar-refractivity contribution >= 4 is 5.97 Å². The van der Waals surface area contributed by atoms with Crippen LogP contribution in [0.2, 0.25) is 0 Å². The van der Waals surface area contributed by atoms with Gasteiger partial charge in [0, 0.05) is 0 Å². The number of carbonyl (C=O) groups excluding carboxylic acids is 1. The first-order valence-corrected chi connectivity index (χ1v) is 5.72. The summed E-state index contributed by atoms with van der Waals surface area (Å²) in [6, 6.07) is 0. The Labute approximate surface area is 92.0 Å². The topological polar surface area (TPSA) is 26.3 Å². The van der Waals surface area contributed by atoms with Crippen molar-refractivity contribution in [2.24, 2.45) is 5.92 Å². The molecule has 2 nitrogen and oxygen atoms in total. The van der Waals surface area contributed by atoms with Crippen molar-refractivity contribution < 1.29 is 9.53 Å². The third kappa shape index (κ3) is 4.82. The summed E-state index contributed by atoms with van der Waals surface area (Å²) in [5.74, 6) is -0.233. The molecular formula is C13H20O2. The van der Waals surface area contributed by atoms with Gasteiger partial charge in [-0.25, -0.2) is 0 Å². The fourth-order valence-electron chi connectivity index (χ4n) is 1.54. The van der Waals surface area contributed by atoms with Gasteiger partial charge in [0.15, 0.2) is 0 Å². The molecule has 2 unspecified atom stereocenters. The first-order valence-electron chi connectivity index (χ1n) is 5.72. The first kappa shape index (κ1) is 12.0. The van der Waals surface area contributed by atoms with E-state index in [-0.39, 0.29) is 18.0 Å². The molecule has 0 aromatic heterocycles. The van der Waals surface area contributed by atoms with Crippen LogP contribution in [0.25, 0.3) is 0 Å². The molecule has 1 heterocycles. The Bertz CT molecular complexity index is 253. The Hall–Kier alpha value is -1.05. The lowest BCUT2D eigenvalue weighted by Gasteiger charge is -2.15. The number of carbonyl (C=O) groups is 1. The predicted octanol–water partition coefficient (Wildman–Crippen LogP) is 3.24. The largest absolute Gasteiger partial charge is 0.462 e. The monoisotopic (exact) mass is 208 g/mol. The third-order valence-corrected chi connectivity index (χ3v) is 2.53. The van der Waals surface area contributed by atoms with E-state index in [2.05, 4.69) is 12.2 Å². The molecule has 0 aromatic carbocycles. The molecule has 0 amide bonds. The van der Waals surface area contributed by atoms with Gasteiger partial charge in [0.25, 0.3) is 0 Å². The van der Waals surface area contributed by atoms with Crippen molar-refractivity contribution in [3.8, 4) is 0 Å². The van der Waals surface area contributed by atoms with E-state index in [9.17, 15) is 4.79 Å². The first-order chi connectivity index (χ1) is 7.20. The summed E-state index contributed by atoms with van der Waals surface area (Å²) in [5, 5.41) is 0. The fraction of sp³-hybridized carbons (Fsp3) is 0.615. The summed E-state index contributed by atoms with van der Waals surface area (Å²) < 4.78 is 5.32. The quantitative estimate of drug-likeness (QED) is 0.451. The number of hydrogen-bond donors (Lipinski definition) is 0. The van der Waals surface area contributed by atoms with E-state index in [4.69, 9.17) is 4.74 Å². The van der Waals surface area contributed by atoms with Crippen LogP contribution in [-0.4, -0.2) is 12.1 Å². The van der Waals surface area contributed by atoms with E-state index in [0.29, 0.717) is 0 Å². The highest BCUT2D eigenvalue weighted by molar-refractivity contribution is 5.74. The van der Waals surface area contributed by atoms with E-state index in [1.54, 1.807) is 0 Å². The highest BCUT2D eigenvalue weighted by atomic mass is 16.5. The molecule has 0 bridgehead atoms. The summed E-state index contributed by atoms with van der Waals surface area (Å²) in [4.78, 5) is 11.5. The van der Waals surface area contributed by atoms with Crippen LogP contribution >= 0.6 is 0 Å². The number of hydrogen-bond acceptors (Lipinski definition) is 2. The van der Waals surface area contributed by atoms with Crippen molar-refractivity contribution in [3.63, 3.8) is 0 Å². The average molecular weight is 208 g/mol. The van der Waals surface area contributed by atoms with Crippen molar-refractivity contribution in [1.82, 2.24) is 0 Å². The van der Waals surface area contributed by atoms with Crippen LogP contribution in [0.15, 0.2) is 24.3 Å². The summed E-state index contributed by atoms with van der Waals surface area (Å²) in [5.41, 5.74) is 0. The van der Waals surface area contributed by atoms with Gasteiger partial charge in [0.1, 0.15) is 0 Å². The minimum Gasteiger partial charge on any atom is -0.462 e. The van der Waals surface area contributed by atoms with Gasteiger partial charge in [-0.15, -0.1) is 0 Å². The van der Waals surface area contributed by atoms with Crippen LogP contribution in [-0.2, 0) is 9.53 Å². The molecule has 0 N–H and O–H groups in total. The van der Waals surface area contributed by atoms with Gasteiger partial charge in [-0.1, -0.05) is 24.3 Å². The highest BCUT2D eigenvalue weighted by Crippen LogP contribution is 2.11. The molecule has 15 heavy (non-hydrogen) atoms. The number of ether oxygens (including phenoxy) is 1. The van der Waals surface area contributed by atoms with Crippen LogP contribution in [0.5, 0.6) is 0 Å². The Balaban J connectivity index is 2.57. The third-order valence-electron chi connectivity index (χ3n) is 2.53. The maximum atomic E-state index is 11.5. The van der Waals surface area contributed by atoms with Crippen molar-refractivity contribution in [2.45, 2.75) is 45.6 Å². The molecule has 0 saturated carbocycles. The predicted molar refractivity (Wildman–Crippen MR) is 61.5 cm³/mol. The molecular weight excluding hydrogens is 188 g/mol. The Morgan fingerprint density at radius 1 is 1.27 bits per heavy atom. The smallest absolute Gasteiger partial charge is 0.312 e. The van der Waals surface area contributed by atoms with Crippen LogP contribution in [0, 0.1) is 5.92 Å². The highest BCUT2D eigenvalue weighted by Gasteiger charge is 2.14. The zero-order valence-electron chi connectivity index (χ0n) is 9.61. The lowest BCUT2D eigenvalue weighted by Crippen LogP contribution is -2.19. The number of rotatable bonds is 0. The SMILES string of the molecule is CC1CCCC=CCC=CC(C)C(=O)O1. The molecule has 0 saturated heterocycles. The average Bonchev–Trinajstić information content (AvgIpc) is 2.19. The van der Waals surface area contributed by atoms with Crippen LogP contribution in [0.3, 0.4) is 0 Å². The van der Waals surface area contributed by atoms with Crippen molar-refractivity contribution in [1.29, 1.82) is 0 Å². The molecule has 1 aliphatic rings. The zero-order valence-corrected chi connectivity index (χ0v) is 9.61. The Morgan fingerprint density at radius 3 is 2.87 bits per heavy atom. The molecule has 1 aliphatic heterocycles. The summed E-state index contributed by atoms with van der Waals surface area (Å²) in [6.45, 7) is 3.84. The summed E-state index contributed by atoms with van der Waals surface area (Å²) in [6.07, 6.45) is 12.4. The Kier molecular flexibility index (Phi) is 5.16. The van der Waals surface area contributed by atoms with Gasteiger partial charge < -0.3 is 4.74 Å². The van der Waals surface area contributed by atoms with Gasteiger partial charge in [0.2, 0.25) is 0 Å². The minimum absolute atomic E-state index is 0.0428. The summed E-state index contributed by atoms with van der Waals surface area (Å²) >= 11 is 0. The van der Waals surface area contributed by atoms with E-state index in [1.807, 2.05) is 26.0 Å². The molecule has 0 spiro atoms. The van der Waals surface area contributed by atoms with Gasteiger partial charge >= 0.3 is 5.97 Å². The zero-order chi connectivity index (χ0) is 11.1. The van der Waals surface area contributed by atoms with Gasteiger partial charge in [-0.3, -0.25) is 4.79 Å². The van der Waals surface area contributed by atoms with Gasteiger partial charge in [-0.05, 0) is 39.5 Å². The summed E-state index contributed by atoms with van der Waals surface area (Å²) in [7, 11) is 0. The minimum atomic E-state index is -0.125. The molecule has 84 valence electrons. The van der Waals surface area contributed by atoms with E-state index < -0.39 is 0 Å². The van der Waals surface area contributed by atoms with Gasteiger partial charge in [-0.2, -0.15) is 0 Å². The molecule has 0 fully saturated rings. The maximum absolute atomic E-state index is 11.5. The van der Waals surface area contributed by atoms with E-state index in [0.717, 1.165) is 25.7 Å². The second-order valence-electron chi connectivity index (χ2n) is 4.10. The molecule has 2 heteroatoms. The molecule has 0 aromatic rings. The second-order valence-corrected chi connectivity index (χ2v) is 4.10. The van der Waals surface area contributed by atoms with Crippen molar-refractivity contribution in [3.05, 3.63) is 24.3 Å². The molecule has 2 atom stereocenters. The standard InChI is InChI=1S/C13H20O2/c1-11-9-7-5-3-4-6-8-10-12(2)15-13(11)14/h3-4,7,9,11-12H,5-6,8,10H2,1-2H3. The van der Waals surface area contributed by atoms with Crippen LogP contribution in [0.4, 0.5) is 0 Å². The van der Waals surface area contributed by atoms with Crippen LogP contribution in [0.1, 0.15) is 39.5 Å². The maximum Gasteiger partial charge on any atom is 0.312 e. The molecule has 0 radical (unpaired) electrons. The van der Waals surface area contributed by atoms with E-state index in [1.165, 1.54) is 0 Å². The lowest BCUT2D eigenvalue weighted by atomic mass is 10.1. The molecule has 0 aliphatic carbocycles.